The van der Waals surface area contributed by atoms with Gasteiger partial charge >= 0.3 is 11.9 Å². The molecule has 1 aliphatic carbocycles. The van der Waals surface area contributed by atoms with E-state index in [1.165, 1.54) is 18.2 Å². The van der Waals surface area contributed by atoms with Crippen LogP contribution in [-0.2, 0) is 32.2 Å². The molecule has 6 rings (SSSR count). The molecule has 3 aromatic rings. The SMILES string of the molecule is C=CCOC(=O)[C@H]1OC(OC(=O)c2cc(-c3cccc(COc4ccc5c(c4)CN(C4CCC(O)C4)C5=O)c3)ccc2Cl)[C@H](O)[C@@H](O)[C@@H]1O. The number of nitrogens with zero attached hydrogens (tertiary/aromatic N) is 1. The second-order valence-corrected chi connectivity index (χ2v) is 12.7. The number of carbonyl (C=O) groups excluding carboxylic acids is 3. The Bertz CT molecular complexity index is 1750. The van der Waals surface area contributed by atoms with E-state index in [0.717, 1.165) is 23.1 Å². The molecule has 2 heterocycles. The van der Waals surface area contributed by atoms with Crippen molar-refractivity contribution in [2.24, 2.45) is 0 Å². The third kappa shape index (κ3) is 7.35. The standard InChI is InChI=1S/C36H36ClNO11/c1-2-12-46-35(45)32-30(41)29(40)31(42)36(48-32)49-34(44)27-15-21(6-11-28(27)37)20-5-3-4-19(13-20)18-47-25-9-10-26-22(14-25)17-38(33(26)43)23-7-8-24(39)16-23/h2-6,9-11,13-15,23-24,29-32,36,39-42H,1,7-8,12,16-18H2/t23?,24?,29-,30-,31+,32-,36?/m0/s1. The first kappa shape index (κ1) is 34.6. The molecular formula is C36H36ClNO11. The maximum Gasteiger partial charge on any atom is 0.342 e. The Morgan fingerprint density at radius 2 is 1.78 bits per heavy atom. The van der Waals surface area contributed by atoms with E-state index in [1.807, 2.05) is 35.2 Å². The smallest absolute Gasteiger partial charge is 0.342 e. The summed E-state index contributed by atoms with van der Waals surface area (Å²) in [5.74, 6) is -1.45. The highest BCUT2D eigenvalue weighted by atomic mass is 35.5. The number of hydrogen-bond acceptors (Lipinski definition) is 11. The summed E-state index contributed by atoms with van der Waals surface area (Å²) in [7, 11) is 0. The van der Waals surface area contributed by atoms with Gasteiger partial charge in [-0.1, -0.05) is 48.5 Å². The van der Waals surface area contributed by atoms with Gasteiger partial charge in [0.25, 0.3) is 5.91 Å². The summed E-state index contributed by atoms with van der Waals surface area (Å²) < 4.78 is 21.6. The number of rotatable bonds is 10. The van der Waals surface area contributed by atoms with Crippen molar-refractivity contribution in [1.82, 2.24) is 4.90 Å². The van der Waals surface area contributed by atoms with Crippen LogP contribution in [0.4, 0.5) is 0 Å². The Morgan fingerprint density at radius 1 is 0.980 bits per heavy atom. The molecule has 7 atom stereocenters. The molecule has 258 valence electrons. The number of carbonyl (C=O) groups is 3. The van der Waals surface area contributed by atoms with Gasteiger partial charge in [0.05, 0.1) is 16.7 Å². The minimum atomic E-state index is -1.87. The Hall–Kier alpha value is -4.30. The number of amides is 1. The predicted molar refractivity (Wildman–Crippen MR) is 174 cm³/mol. The zero-order valence-corrected chi connectivity index (χ0v) is 27.1. The number of hydrogen-bond donors (Lipinski definition) is 4. The van der Waals surface area contributed by atoms with Crippen LogP contribution in [-0.4, -0.2) is 92.6 Å². The van der Waals surface area contributed by atoms with E-state index >= 15 is 0 Å². The van der Waals surface area contributed by atoms with E-state index < -0.39 is 42.6 Å². The Labute approximate surface area is 287 Å². The van der Waals surface area contributed by atoms with Gasteiger partial charge in [-0.2, -0.15) is 0 Å². The van der Waals surface area contributed by atoms with E-state index in [1.54, 1.807) is 18.2 Å². The topological polar surface area (TPSA) is 172 Å². The Balaban J connectivity index is 1.12. The van der Waals surface area contributed by atoms with Gasteiger partial charge in [-0.05, 0) is 77.9 Å². The fourth-order valence-electron chi connectivity index (χ4n) is 6.32. The molecular weight excluding hydrogens is 658 g/mol. The largest absolute Gasteiger partial charge is 0.489 e. The summed E-state index contributed by atoms with van der Waals surface area (Å²) >= 11 is 6.34. The zero-order chi connectivity index (χ0) is 34.8. The van der Waals surface area contributed by atoms with Crippen LogP contribution in [0.25, 0.3) is 11.1 Å². The third-order valence-electron chi connectivity index (χ3n) is 8.95. The highest BCUT2D eigenvalue weighted by Gasteiger charge is 2.49. The van der Waals surface area contributed by atoms with Crippen molar-refractivity contribution in [2.45, 2.75) is 75.3 Å². The molecule has 0 bridgehead atoms. The second kappa shape index (κ2) is 14.7. The summed E-state index contributed by atoms with van der Waals surface area (Å²) in [6.45, 7) is 3.95. The fourth-order valence-corrected chi connectivity index (χ4v) is 6.52. The summed E-state index contributed by atoms with van der Waals surface area (Å²) in [6.07, 6.45) is -6.11. The lowest BCUT2D eigenvalue weighted by Crippen LogP contribution is -2.60. The van der Waals surface area contributed by atoms with Crippen molar-refractivity contribution in [1.29, 1.82) is 0 Å². The van der Waals surface area contributed by atoms with Crippen LogP contribution in [0, 0.1) is 0 Å². The molecule has 49 heavy (non-hydrogen) atoms. The van der Waals surface area contributed by atoms with E-state index in [9.17, 15) is 34.8 Å². The summed E-state index contributed by atoms with van der Waals surface area (Å²) in [5, 5.41) is 40.9. The van der Waals surface area contributed by atoms with Crippen LogP contribution in [0.2, 0.25) is 5.02 Å². The number of fused-ring (bicyclic) bond motifs is 1. The van der Waals surface area contributed by atoms with Crippen molar-refractivity contribution in [3.05, 3.63) is 101 Å². The lowest BCUT2D eigenvalue weighted by atomic mass is 9.99. The average molecular weight is 694 g/mol. The maximum atomic E-state index is 13.2. The lowest BCUT2D eigenvalue weighted by molar-refractivity contribution is -0.279. The second-order valence-electron chi connectivity index (χ2n) is 12.3. The van der Waals surface area contributed by atoms with Crippen molar-refractivity contribution >= 4 is 29.4 Å². The minimum Gasteiger partial charge on any atom is -0.489 e. The predicted octanol–water partition coefficient (Wildman–Crippen LogP) is 3.15. The van der Waals surface area contributed by atoms with Crippen LogP contribution in [0.5, 0.6) is 5.75 Å². The average Bonchev–Trinajstić information content (AvgIpc) is 3.68. The number of aliphatic hydroxyl groups excluding tert-OH is 4. The van der Waals surface area contributed by atoms with Gasteiger partial charge in [0.2, 0.25) is 6.29 Å². The first-order valence-corrected chi connectivity index (χ1v) is 16.2. The molecule has 0 radical (unpaired) electrons. The molecule has 1 amide bonds. The van der Waals surface area contributed by atoms with Gasteiger partial charge in [0, 0.05) is 18.2 Å². The van der Waals surface area contributed by atoms with Crippen LogP contribution >= 0.6 is 11.6 Å². The molecule has 4 N–H and O–H groups in total. The molecule has 1 saturated carbocycles. The summed E-state index contributed by atoms with van der Waals surface area (Å²) in [6, 6.07) is 17.6. The van der Waals surface area contributed by atoms with E-state index in [-0.39, 0.29) is 41.9 Å². The number of esters is 2. The lowest BCUT2D eigenvalue weighted by Gasteiger charge is -2.38. The summed E-state index contributed by atoms with van der Waals surface area (Å²) in [5.41, 5.74) is 3.64. The highest BCUT2D eigenvalue weighted by Crippen LogP contribution is 2.34. The molecule has 3 unspecified atom stereocenters. The first-order chi connectivity index (χ1) is 23.5. The molecule has 0 spiro atoms. The number of aliphatic hydroxyl groups is 4. The van der Waals surface area contributed by atoms with Crippen molar-refractivity contribution in [2.75, 3.05) is 6.61 Å². The van der Waals surface area contributed by atoms with Crippen LogP contribution in [0.1, 0.15) is 51.1 Å². The van der Waals surface area contributed by atoms with Gasteiger partial charge < -0.3 is 44.3 Å². The summed E-state index contributed by atoms with van der Waals surface area (Å²) in [4.78, 5) is 40.3. The first-order valence-electron chi connectivity index (χ1n) is 15.9. The van der Waals surface area contributed by atoms with Crippen LogP contribution < -0.4 is 4.74 Å². The maximum absolute atomic E-state index is 13.2. The van der Waals surface area contributed by atoms with Gasteiger partial charge in [-0.15, -0.1) is 0 Å². The highest BCUT2D eigenvalue weighted by molar-refractivity contribution is 6.33. The molecule has 2 fully saturated rings. The molecule has 0 aromatic heterocycles. The quantitative estimate of drug-likeness (QED) is 0.182. The van der Waals surface area contributed by atoms with E-state index in [2.05, 4.69) is 6.58 Å². The van der Waals surface area contributed by atoms with Crippen LogP contribution in [0.15, 0.2) is 73.3 Å². The minimum absolute atomic E-state index is 0.0217. The number of ether oxygens (including phenoxy) is 4. The Morgan fingerprint density at radius 3 is 2.53 bits per heavy atom. The van der Waals surface area contributed by atoms with Crippen molar-refractivity contribution < 1.29 is 53.8 Å². The van der Waals surface area contributed by atoms with Gasteiger partial charge in [0.15, 0.2) is 6.10 Å². The third-order valence-corrected chi connectivity index (χ3v) is 9.28. The number of halogens is 1. The fraction of sp³-hybridized carbons (Fsp3) is 0.361. The normalized spacial score (nSPS) is 26.3. The van der Waals surface area contributed by atoms with Gasteiger partial charge in [-0.3, -0.25) is 4.79 Å². The molecule has 12 nitrogen and oxygen atoms in total. The Kier molecular flexibility index (Phi) is 10.3. The molecule has 3 aliphatic rings. The van der Waals surface area contributed by atoms with Crippen LogP contribution in [0.3, 0.4) is 0 Å². The monoisotopic (exact) mass is 693 g/mol. The van der Waals surface area contributed by atoms with E-state index in [4.69, 9.17) is 30.5 Å². The van der Waals surface area contributed by atoms with Crippen molar-refractivity contribution in [3.8, 4) is 16.9 Å². The van der Waals surface area contributed by atoms with Gasteiger partial charge in [-0.25, -0.2) is 9.59 Å². The van der Waals surface area contributed by atoms with E-state index in [0.29, 0.717) is 36.3 Å². The molecule has 1 saturated heterocycles. The zero-order valence-electron chi connectivity index (χ0n) is 26.3. The van der Waals surface area contributed by atoms with Gasteiger partial charge in [0.1, 0.15) is 37.3 Å². The number of benzene rings is 3. The molecule has 2 aliphatic heterocycles. The molecule has 13 heteroatoms. The molecule has 3 aromatic carbocycles. The van der Waals surface area contributed by atoms with Crippen molar-refractivity contribution in [3.63, 3.8) is 0 Å².